The monoisotopic (exact) mass is 190 g/mol. The zero-order valence-corrected chi connectivity index (χ0v) is 7.98. The van der Waals surface area contributed by atoms with Crippen molar-refractivity contribution in [3.63, 3.8) is 0 Å². The third kappa shape index (κ3) is 1.41. The molecule has 3 N–H and O–H groups in total. The van der Waals surface area contributed by atoms with Crippen molar-refractivity contribution in [3.05, 3.63) is 36.0 Å². The van der Waals surface area contributed by atoms with E-state index < -0.39 is 0 Å². The zero-order valence-electron chi connectivity index (χ0n) is 7.98. The van der Waals surface area contributed by atoms with Crippen LogP contribution in [0.15, 0.2) is 30.3 Å². The summed E-state index contributed by atoms with van der Waals surface area (Å²) in [5, 5.41) is 10.3. The molecule has 74 valence electrons. The Bertz CT molecular complexity index is 434. The van der Waals surface area contributed by atoms with Crippen molar-refractivity contribution in [1.82, 2.24) is 4.57 Å². The summed E-state index contributed by atoms with van der Waals surface area (Å²) in [6.07, 6.45) is 0. The average Bonchev–Trinajstić information content (AvgIpc) is 2.58. The van der Waals surface area contributed by atoms with Crippen LogP contribution in [-0.2, 0) is 13.2 Å². The van der Waals surface area contributed by atoms with Gasteiger partial charge in [-0.15, -0.1) is 0 Å². The summed E-state index contributed by atoms with van der Waals surface area (Å²) < 4.78 is 2.06. The first-order valence-electron chi connectivity index (χ1n) is 4.75. The largest absolute Gasteiger partial charge is 0.390 e. The number of nitrogens with two attached hydrogens (primary N) is 1. The summed E-state index contributed by atoms with van der Waals surface area (Å²) in [5.74, 6) is 0. The van der Waals surface area contributed by atoms with E-state index in [-0.39, 0.29) is 6.61 Å². The Kier molecular flexibility index (Phi) is 2.52. The normalized spacial score (nSPS) is 11.0. The number of nitrogens with zero attached hydrogens (tertiary/aromatic N) is 1. The summed E-state index contributed by atoms with van der Waals surface area (Å²) >= 11 is 0. The highest BCUT2D eigenvalue weighted by Crippen LogP contribution is 2.19. The number of aliphatic hydroxyl groups is 1. The van der Waals surface area contributed by atoms with Crippen molar-refractivity contribution in [1.29, 1.82) is 0 Å². The third-order valence-corrected chi connectivity index (χ3v) is 2.41. The predicted octanol–water partition coefficient (Wildman–Crippen LogP) is 1.09. The maximum atomic E-state index is 9.18. The number of hydrogen-bond acceptors (Lipinski definition) is 2. The molecule has 3 heteroatoms. The van der Waals surface area contributed by atoms with Crippen LogP contribution in [0.5, 0.6) is 0 Å². The average molecular weight is 190 g/mol. The summed E-state index contributed by atoms with van der Waals surface area (Å²) in [7, 11) is 0. The van der Waals surface area contributed by atoms with Crippen molar-refractivity contribution in [3.8, 4) is 0 Å². The van der Waals surface area contributed by atoms with Gasteiger partial charge in [-0.2, -0.15) is 0 Å². The molecule has 0 aliphatic heterocycles. The second-order valence-corrected chi connectivity index (χ2v) is 3.29. The Balaban J connectivity index is 2.61. The van der Waals surface area contributed by atoms with Crippen molar-refractivity contribution in [2.45, 2.75) is 13.2 Å². The molecule has 2 aromatic rings. The maximum Gasteiger partial charge on any atom is 0.0833 e. The zero-order chi connectivity index (χ0) is 9.97. The minimum Gasteiger partial charge on any atom is -0.390 e. The molecule has 0 spiro atoms. The van der Waals surface area contributed by atoms with Gasteiger partial charge in [-0.3, -0.25) is 0 Å². The lowest BCUT2D eigenvalue weighted by molar-refractivity contribution is 0.271. The van der Waals surface area contributed by atoms with Crippen LogP contribution in [0.25, 0.3) is 10.9 Å². The van der Waals surface area contributed by atoms with E-state index in [0.29, 0.717) is 6.54 Å². The molecule has 0 saturated carbocycles. The minimum atomic E-state index is 0.0642. The lowest BCUT2D eigenvalue weighted by Crippen LogP contribution is -2.11. The second-order valence-electron chi connectivity index (χ2n) is 3.29. The second kappa shape index (κ2) is 3.82. The Morgan fingerprint density at radius 2 is 2.07 bits per heavy atom. The fraction of sp³-hybridized carbons (Fsp3) is 0.273. The number of para-hydroxylation sites is 1. The molecule has 2 rings (SSSR count). The van der Waals surface area contributed by atoms with E-state index in [1.165, 1.54) is 0 Å². The SMILES string of the molecule is NCCn1c(CO)cc2ccccc21. The van der Waals surface area contributed by atoms with Crippen LogP contribution in [0.1, 0.15) is 5.69 Å². The quantitative estimate of drug-likeness (QED) is 0.761. The molecule has 1 heterocycles. The van der Waals surface area contributed by atoms with E-state index in [0.717, 1.165) is 23.1 Å². The van der Waals surface area contributed by atoms with Crippen LogP contribution in [0, 0.1) is 0 Å². The number of rotatable bonds is 3. The lowest BCUT2D eigenvalue weighted by Gasteiger charge is -2.06. The van der Waals surface area contributed by atoms with Crippen molar-refractivity contribution in [2.24, 2.45) is 5.73 Å². The number of hydrogen-bond donors (Lipinski definition) is 2. The molecule has 0 radical (unpaired) electrons. The number of benzene rings is 1. The molecule has 1 aromatic heterocycles. The predicted molar refractivity (Wildman–Crippen MR) is 56.9 cm³/mol. The van der Waals surface area contributed by atoms with Crippen molar-refractivity contribution in [2.75, 3.05) is 6.54 Å². The third-order valence-electron chi connectivity index (χ3n) is 2.41. The molecule has 0 aliphatic carbocycles. The van der Waals surface area contributed by atoms with E-state index in [1.54, 1.807) is 0 Å². The molecular formula is C11H14N2O. The van der Waals surface area contributed by atoms with Gasteiger partial charge in [0, 0.05) is 24.3 Å². The van der Waals surface area contributed by atoms with Crippen molar-refractivity contribution < 1.29 is 5.11 Å². The molecule has 0 bridgehead atoms. The summed E-state index contributed by atoms with van der Waals surface area (Å²) in [5.41, 5.74) is 7.60. The number of aliphatic hydroxyl groups excluding tert-OH is 1. The van der Waals surface area contributed by atoms with Gasteiger partial charge in [0.2, 0.25) is 0 Å². The van der Waals surface area contributed by atoms with Gasteiger partial charge >= 0.3 is 0 Å². The Morgan fingerprint density at radius 3 is 2.79 bits per heavy atom. The van der Waals surface area contributed by atoms with Crippen LogP contribution >= 0.6 is 0 Å². The first kappa shape index (κ1) is 9.24. The topological polar surface area (TPSA) is 51.2 Å². The minimum absolute atomic E-state index is 0.0642. The van der Waals surface area contributed by atoms with Crippen LogP contribution in [0.4, 0.5) is 0 Å². The molecule has 3 nitrogen and oxygen atoms in total. The Hall–Kier alpha value is -1.32. The van der Waals surface area contributed by atoms with Crippen LogP contribution < -0.4 is 5.73 Å². The van der Waals surface area contributed by atoms with Gasteiger partial charge in [0.25, 0.3) is 0 Å². The van der Waals surface area contributed by atoms with E-state index >= 15 is 0 Å². The fourth-order valence-corrected chi connectivity index (χ4v) is 1.79. The van der Waals surface area contributed by atoms with E-state index in [2.05, 4.69) is 4.57 Å². The Labute approximate surface area is 82.8 Å². The number of aromatic nitrogens is 1. The lowest BCUT2D eigenvalue weighted by atomic mass is 10.2. The van der Waals surface area contributed by atoms with Crippen LogP contribution in [0.3, 0.4) is 0 Å². The fourth-order valence-electron chi connectivity index (χ4n) is 1.79. The summed E-state index contributed by atoms with van der Waals surface area (Å²) in [6, 6.07) is 10.1. The molecule has 0 atom stereocenters. The first-order chi connectivity index (χ1) is 6.86. The maximum absolute atomic E-state index is 9.18. The van der Waals surface area contributed by atoms with E-state index in [9.17, 15) is 5.11 Å². The van der Waals surface area contributed by atoms with Gasteiger partial charge in [0.15, 0.2) is 0 Å². The van der Waals surface area contributed by atoms with Gasteiger partial charge in [0.05, 0.1) is 6.61 Å². The van der Waals surface area contributed by atoms with Crippen LogP contribution in [0.2, 0.25) is 0 Å². The highest BCUT2D eigenvalue weighted by molar-refractivity contribution is 5.81. The molecule has 0 saturated heterocycles. The molecule has 14 heavy (non-hydrogen) atoms. The smallest absolute Gasteiger partial charge is 0.0833 e. The van der Waals surface area contributed by atoms with Gasteiger partial charge in [-0.05, 0) is 17.5 Å². The van der Waals surface area contributed by atoms with Crippen LogP contribution in [-0.4, -0.2) is 16.2 Å². The molecule has 0 fully saturated rings. The van der Waals surface area contributed by atoms with E-state index in [1.807, 2.05) is 30.3 Å². The van der Waals surface area contributed by atoms with Crippen molar-refractivity contribution >= 4 is 10.9 Å². The van der Waals surface area contributed by atoms with E-state index in [4.69, 9.17) is 5.73 Å². The molecule has 0 aliphatic rings. The van der Waals surface area contributed by atoms with Gasteiger partial charge in [-0.25, -0.2) is 0 Å². The number of fused-ring (bicyclic) bond motifs is 1. The van der Waals surface area contributed by atoms with Gasteiger partial charge < -0.3 is 15.4 Å². The highest BCUT2D eigenvalue weighted by Gasteiger charge is 2.05. The summed E-state index contributed by atoms with van der Waals surface area (Å²) in [4.78, 5) is 0. The first-order valence-corrected chi connectivity index (χ1v) is 4.75. The summed E-state index contributed by atoms with van der Waals surface area (Å²) in [6.45, 7) is 1.41. The Morgan fingerprint density at radius 1 is 1.29 bits per heavy atom. The molecular weight excluding hydrogens is 176 g/mol. The molecule has 0 unspecified atom stereocenters. The highest BCUT2D eigenvalue weighted by atomic mass is 16.3. The van der Waals surface area contributed by atoms with Gasteiger partial charge in [-0.1, -0.05) is 18.2 Å². The molecule has 1 aromatic carbocycles. The molecule has 0 amide bonds. The standard InChI is InChI=1S/C11H14N2O/c12-5-6-13-10(8-14)7-9-3-1-2-4-11(9)13/h1-4,7,14H,5-6,8,12H2. The van der Waals surface area contributed by atoms with Gasteiger partial charge in [0.1, 0.15) is 0 Å².